The topological polar surface area (TPSA) is 79.5 Å². The summed E-state index contributed by atoms with van der Waals surface area (Å²) in [6.07, 6.45) is 4.29. The van der Waals surface area contributed by atoms with E-state index < -0.39 is 0 Å². The molecule has 0 bridgehead atoms. The lowest BCUT2D eigenvalue weighted by Crippen LogP contribution is -2.30. The molecule has 1 aromatic carbocycles. The van der Waals surface area contributed by atoms with E-state index in [4.69, 9.17) is 5.73 Å². The van der Waals surface area contributed by atoms with Gasteiger partial charge in [-0.25, -0.2) is 4.99 Å². The number of nitrogens with two attached hydrogens (primary N) is 1. The third-order valence-corrected chi connectivity index (χ3v) is 3.93. The Bertz CT molecular complexity index is 533. The molecule has 0 aromatic heterocycles. The maximum Gasteiger partial charge on any atom is 0.241 e. The van der Waals surface area contributed by atoms with Crippen molar-refractivity contribution in [1.82, 2.24) is 5.32 Å². The molecular weight excluding hydrogens is 403 g/mol. The molecule has 0 radical (unpaired) electrons. The molecule has 0 saturated heterocycles. The maximum absolute atomic E-state index is 11.7. The van der Waals surface area contributed by atoms with Gasteiger partial charge in [-0.05, 0) is 42.7 Å². The zero-order chi connectivity index (χ0) is 15.9. The first-order chi connectivity index (χ1) is 10.6. The summed E-state index contributed by atoms with van der Waals surface area (Å²) in [5.41, 5.74) is 9.36. The second-order valence-electron chi connectivity index (χ2n) is 5.73. The van der Waals surface area contributed by atoms with Gasteiger partial charge in [-0.1, -0.05) is 32.0 Å². The van der Waals surface area contributed by atoms with Gasteiger partial charge >= 0.3 is 0 Å². The third kappa shape index (κ3) is 6.37. The van der Waals surface area contributed by atoms with Crippen LogP contribution in [0.3, 0.4) is 0 Å². The standard InChI is InChI=1S/C17H26N4O.HI/c1-3-13-6-5-7-14(4-2)16(13)21-17(18)20-11-15(22)19-10-12-8-9-12;/h5-7,12H,3-4,8-11H2,1-2H3,(H,19,22)(H3,18,20,21);1H. The fourth-order valence-electron chi connectivity index (χ4n) is 2.36. The van der Waals surface area contributed by atoms with Crippen molar-refractivity contribution in [1.29, 1.82) is 0 Å². The van der Waals surface area contributed by atoms with Crippen LogP contribution in [-0.2, 0) is 17.6 Å². The van der Waals surface area contributed by atoms with Crippen molar-refractivity contribution in [2.24, 2.45) is 16.6 Å². The van der Waals surface area contributed by atoms with Crippen LogP contribution in [0.5, 0.6) is 0 Å². The molecule has 0 unspecified atom stereocenters. The number of anilines is 1. The first-order valence-electron chi connectivity index (χ1n) is 8.08. The predicted molar refractivity (Wildman–Crippen MR) is 106 cm³/mol. The molecule has 1 aromatic rings. The summed E-state index contributed by atoms with van der Waals surface area (Å²) < 4.78 is 0. The van der Waals surface area contributed by atoms with Crippen molar-refractivity contribution in [3.63, 3.8) is 0 Å². The van der Waals surface area contributed by atoms with Gasteiger partial charge in [-0.3, -0.25) is 4.79 Å². The Labute approximate surface area is 155 Å². The van der Waals surface area contributed by atoms with Crippen molar-refractivity contribution < 1.29 is 4.79 Å². The predicted octanol–water partition coefficient (Wildman–Crippen LogP) is 2.68. The molecule has 0 spiro atoms. The van der Waals surface area contributed by atoms with E-state index in [1.54, 1.807) is 0 Å². The molecule has 0 aliphatic heterocycles. The first kappa shape index (κ1) is 19.7. The van der Waals surface area contributed by atoms with E-state index in [1.165, 1.54) is 24.0 Å². The quantitative estimate of drug-likeness (QED) is 0.354. The van der Waals surface area contributed by atoms with Crippen LogP contribution in [0.25, 0.3) is 0 Å². The second-order valence-corrected chi connectivity index (χ2v) is 5.73. The number of aryl methyl sites for hydroxylation is 2. The van der Waals surface area contributed by atoms with E-state index in [-0.39, 0.29) is 42.4 Å². The normalized spacial score (nSPS) is 14.1. The molecule has 5 nitrogen and oxygen atoms in total. The van der Waals surface area contributed by atoms with Crippen LogP contribution in [0.15, 0.2) is 23.2 Å². The summed E-state index contributed by atoms with van der Waals surface area (Å²) >= 11 is 0. The Morgan fingerprint density at radius 3 is 2.39 bits per heavy atom. The van der Waals surface area contributed by atoms with Gasteiger partial charge in [0.2, 0.25) is 5.91 Å². The van der Waals surface area contributed by atoms with Crippen LogP contribution in [0.1, 0.15) is 37.8 Å². The number of aliphatic imine (C=N–C) groups is 1. The summed E-state index contributed by atoms with van der Waals surface area (Å²) in [6.45, 7) is 5.05. The Morgan fingerprint density at radius 1 is 1.26 bits per heavy atom. The van der Waals surface area contributed by atoms with Crippen LogP contribution >= 0.6 is 24.0 Å². The lowest BCUT2D eigenvalue weighted by atomic mass is 10.0. The van der Waals surface area contributed by atoms with Gasteiger partial charge in [0, 0.05) is 12.2 Å². The summed E-state index contributed by atoms with van der Waals surface area (Å²) in [5.74, 6) is 0.889. The average Bonchev–Trinajstić information content (AvgIpc) is 3.35. The number of carbonyl (C=O) groups excluding carboxylic acids is 1. The van der Waals surface area contributed by atoms with Gasteiger partial charge in [-0.15, -0.1) is 24.0 Å². The number of rotatable bonds is 7. The summed E-state index contributed by atoms with van der Waals surface area (Å²) in [4.78, 5) is 15.8. The number of nitrogens with zero attached hydrogens (tertiary/aromatic N) is 1. The van der Waals surface area contributed by atoms with Crippen molar-refractivity contribution in [2.75, 3.05) is 18.4 Å². The van der Waals surface area contributed by atoms with E-state index in [2.05, 4.69) is 47.7 Å². The van der Waals surface area contributed by atoms with Crippen LogP contribution in [0, 0.1) is 5.92 Å². The number of carbonyl (C=O) groups is 1. The second kappa shape index (κ2) is 9.75. The Morgan fingerprint density at radius 2 is 1.87 bits per heavy atom. The zero-order valence-corrected chi connectivity index (χ0v) is 16.2. The fourth-order valence-corrected chi connectivity index (χ4v) is 2.36. The summed E-state index contributed by atoms with van der Waals surface area (Å²) in [5, 5.41) is 6.04. The third-order valence-electron chi connectivity index (χ3n) is 3.93. The van der Waals surface area contributed by atoms with Crippen molar-refractivity contribution in [3.8, 4) is 0 Å². The summed E-state index contributed by atoms with van der Waals surface area (Å²) in [6, 6.07) is 6.22. The monoisotopic (exact) mass is 430 g/mol. The zero-order valence-electron chi connectivity index (χ0n) is 13.9. The van der Waals surface area contributed by atoms with Crippen molar-refractivity contribution in [3.05, 3.63) is 29.3 Å². The number of amides is 1. The molecule has 1 aliphatic rings. The number of nitrogens with one attached hydrogen (secondary N) is 2. The number of guanidine groups is 1. The van der Waals surface area contributed by atoms with Gasteiger partial charge in [0.1, 0.15) is 6.54 Å². The highest BCUT2D eigenvalue weighted by Gasteiger charge is 2.21. The highest BCUT2D eigenvalue weighted by atomic mass is 127. The van der Waals surface area contributed by atoms with Gasteiger partial charge in [0.05, 0.1) is 0 Å². The minimum atomic E-state index is -0.0730. The Hall–Kier alpha value is -1.31. The molecule has 23 heavy (non-hydrogen) atoms. The molecule has 1 amide bonds. The molecule has 128 valence electrons. The average molecular weight is 430 g/mol. The summed E-state index contributed by atoms with van der Waals surface area (Å²) in [7, 11) is 0. The number of hydrogen-bond donors (Lipinski definition) is 3. The van der Waals surface area contributed by atoms with E-state index in [0.29, 0.717) is 5.92 Å². The molecule has 6 heteroatoms. The molecular formula is C17H27IN4O. The molecule has 0 heterocycles. The fraction of sp³-hybridized carbons (Fsp3) is 0.529. The smallest absolute Gasteiger partial charge is 0.241 e. The van der Waals surface area contributed by atoms with Crippen LogP contribution < -0.4 is 16.4 Å². The molecule has 1 fully saturated rings. The molecule has 1 saturated carbocycles. The largest absolute Gasteiger partial charge is 0.370 e. The van der Waals surface area contributed by atoms with Gasteiger partial charge in [-0.2, -0.15) is 0 Å². The number of halogens is 1. The molecule has 0 atom stereocenters. The molecule has 4 N–H and O–H groups in total. The highest BCUT2D eigenvalue weighted by molar-refractivity contribution is 14.0. The molecule has 1 aliphatic carbocycles. The van der Waals surface area contributed by atoms with Crippen molar-refractivity contribution in [2.45, 2.75) is 39.5 Å². The van der Waals surface area contributed by atoms with Crippen molar-refractivity contribution >= 4 is 41.5 Å². The number of para-hydroxylation sites is 1. The highest BCUT2D eigenvalue weighted by Crippen LogP contribution is 2.27. The SMILES string of the molecule is CCc1cccc(CC)c1NC(N)=NCC(=O)NCC1CC1.I. The maximum atomic E-state index is 11.7. The van der Waals surface area contributed by atoms with Gasteiger partial charge in [0.15, 0.2) is 5.96 Å². The Balaban J connectivity index is 0.00000264. The van der Waals surface area contributed by atoms with Gasteiger partial charge < -0.3 is 16.4 Å². The van der Waals surface area contributed by atoms with Crippen LogP contribution in [0.4, 0.5) is 5.69 Å². The number of benzene rings is 1. The lowest BCUT2D eigenvalue weighted by molar-refractivity contribution is -0.119. The number of hydrogen-bond acceptors (Lipinski definition) is 2. The Kier molecular flexibility index (Phi) is 8.36. The van der Waals surface area contributed by atoms with E-state index >= 15 is 0 Å². The first-order valence-corrected chi connectivity index (χ1v) is 8.08. The van der Waals surface area contributed by atoms with Crippen LogP contribution in [-0.4, -0.2) is 25.0 Å². The van der Waals surface area contributed by atoms with Crippen LogP contribution in [0.2, 0.25) is 0 Å². The van der Waals surface area contributed by atoms with E-state index in [9.17, 15) is 4.79 Å². The van der Waals surface area contributed by atoms with E-state index in [1.807, 2.05) is 0 Å². The molecule has 2 rings (SSSR count). The minimum Gasteiger partial charge on any atom is -0.370 e. The van der Waals surface area contributed by atoms with Gasteiger partial charge in [0.25, 0.3) is 0 Å². The van der Waals surface area contributed by atoms with E-state index in [0.717, 1.165) is 25.1 Å². The minimum absolute atomic E-state index is 0. The lowest BCUT2D eigenvalue weighted by Gasteiger charge is -2.14.